The number of nitrogens with zero attached hydrogens (tertiary/aromatic N) is 3. The lowest BCUT2D eigenvalue weighted by atomic mass is 9.99. The van der Waals surface area contributed by atoms with Gasteiger partial charge in [-0.1, -0.05) is 0 Å². The number of aryl methyl sites for hydroxylation is 1. The fourth-order valence-electron chi connectivity index (χ4n) is 3.20. The van der Waals surface area contributed by atoms with Gasteiger partial charge >= 0.3 is 6.03 Å². The van der Waals surface area contributed by atoms with Gasteiger partial charge in [-0.05, 0) is 25.2 Å². The molecule has 1 aromatic heterocycles. The molecular formula is C15H24N4O2. The third-order valence-corrected chi connectivity index (χ3v) is 4.42. The number of ether oxygens (including phenoxy) is 1. The Morgan fingerprint density at radius 3 is 3.29 bits per heavy atom. The van der Waals surface area contributed by atoms with E-state index in [1.807, 2.05) is 19.4 Å². The first-order valence-electron chi connectivity index (χ1n) is 7.83. The number of carbonyl (C=O) groups is 1. The molecule has 1 aromatic rings. The number of amides is 2. The van der Waals surface area contributed by atoms with Crippen LogP contribution >= 0.6 is 0 Å². The van der Waals surface area contributed by atoms with Gasteiger partial charge in [0, 0.05) is 52.1 Å². The summed E-state index contributed by atoms with van der Waals surface area (Å²) in [4.78, 5) is 18.2. The number of imidazole rings is 1. The highest BCUT2D eigenvalue weighted by atomic mass is 16.5. The predicted molar refractivity (Wildman–Crippen MR) is 79.0 cm³/mol. The Bertz CT molecular complexity index is 482. The van der Waals surface area contributed by atoms with E-state index < -0.39 is 0 Å². The average Bonchev–Trinajstić information content (AvgIpc) is 3.15. The second kappa shape index (κ2) is 6.47. The third kappa shape index (κ3) is 3.56. The van der Waals surface area contributed by atoms with Crippen LogP contribution in [0.2, 0.25) is 0 Å². The zero-order valence-corrected chi connectivity index (χ0v) is 12.6. The van der Waals surface area contributed by atoms with Crippen LogP contribution in [0.1, 0.15) is 25.1 Å². The van der Waals surface area contributed by atoms with Crippen LogP contribution in [0, 0.1) is 5.92 Å². The normalized spacial score (nSPS) is 24.6. The van der Waals surface area contributed by atoms with Crippen LogP contribution in [-0.2, 0) is 17.7 Å². The molecule has 1 N–H and O–H groups in total. The molecule has 2 aliphatic rings. The molecule has 0 spiro atoms. The Hall–Kier alpha value is -1.56. The third-order valence-electron chi connectivity index (χ3n) is 4.42. The number of hydrogen-bond acceptors (Lipinski definition) is 3. The zero-order valence-electron chi connectivity index (χ0n) is 12.6. The van der Waals surface area contributed by atoms with E-state index in [2.05, 4.69) is 14.9 Å². The van der Waals surface area contributed by atoms with Crippen LogP contribution in [-0.4, -0.2) is 53.3 Å². The van der Waals surface area contributed by atoms with Crippen LogP contribution < -0.4 is 5.32 Å². The van der Waals surface area contributed by atoms with Gasteiger partial charge in [0.1, 0.15) is 5.82 Å². The molecule has 1 saturated heterocycles. The van der Waals surface area contributed by atoms with Gasteiger partial charge in [-0.2, -0.15) is 0 Å². The van der Waals surface area contributed by atoms with Crippen LogP contribution in [0.4, 0.5) is 4.79 Å². The SMILES string of the molecule is CN(C[C@@H]1CCc2nccn2C1)C(=O)NC[C@@H]1CCCO1. The molecule has 0 aromatic carbocycles. The average molecular weight is 292 g/mol. The topological polar surface area (TPSA) is 59.4 Å². The quantitative estimate of drug-likeness (QED) is 0.909. The van der Waals surface area contributed by atoms with E-state index in [-0.39, 0.29) is 12.1 Å². The molecule has 3 heterocycles. The van der Waals surface area contributed by atoms with Crippen molar-refractivity contribution in [2.75, 3.05) is 26.7 Å². The molecule has 6 nitrogen and oxygen atoms in total. The minimum atomic E-state index is 0.00179. The smallest absolute Gasteiger partial charge is 0.317 e. The van der Waals surface area contributed by atoms with E-state index in [1.54, 1.807) is 4.90 Å². The molecule has 3 rings (SSSR count). The van der Waals surface area contributed by atoms with Crippen LogP contribution in [0.25, 0.3) is 0 Å². The standard InChI is InChI=1S/C15H24N4O2/c1-18(15(20)17-9-13-3-2-8-21-13)10-12-4-5-14-16-6-7-19(14)11-12/h6-7,12-13H,2-5,8-11H2,1H3,(H,17,20)/t12-,13-/m0/s1. The van der Waals surface area contributed by atoms with Crippen molar-refractivity contribution >= 4 is 6.03 Å². The summed E-state index contributed by atoms with van der Waals surface area (Å²) < 4.78 is 7.72. The van der Waals surface area contributed by atoms with Crippen LogP contribution in [0.5, 0.6) is 0 Å². The van der Waals surface area contributed by atoms with Crippen molar-refractivity contribution in [1.29, 1.82) is 0 Å². The number of hydrogen-bond donors (Lipinski definition) is 1. The van der Waals surface area contributed by atoms with Crippen molar-refractivity contribution in [2.45, 2.75) is 38.3 Å². The molecule has 21 heavy (non-hydrogen) atoms. The summed E-state index contributed by atoms with van der Waals surface area (Å²) in [7, 11) is 1.87. The highest BCUT2D eigenvalue weighted by Crippen LogP contribution is 2.19. The second-order valence-electron chi connectivity index (χ2n) is 6.10. The molecule has 0 radical (unpaired) electrons. The Balaban J connectivity index is 1.43. The van der Waals surface area contributed by atoms with Gasteiger partial charge < -0.3 is 19.5 Å². The number of urea groups is 1. The molecule has 116 valence electrons. The van der Waals surface area contributed by atoms with E-state index in [4.69, 9.17) is 4.74 Å². The lowest BCUT2D eigenvalue weighted by Crippen LogP contribution is -2.43. The van der Waals surface area contributed by atoms with Crippen molar-refractivity contribution in [3.05, 3.63) is 18.2 Å². The van der Waals surface area contributed by atoms with Gasteiger partial charge in [-0.3, -0.25) is 0 Å². The summed E-state index contributed by atoms with van der Waals surface area (Å²) >= 11 is 0. The van der Waals surface area contributed by atoms with E-state index in [9.17, 15) is 4.79 Å². The van der Waals surface area contributed by atoms with Gasteiger partial charge in [0.2, 0.25) is 0 Å². The minimum absolute atomic E-state index is 0.00179. The zero-order chi connectivity index (χ0) is 14.7. The molecule has 6 heteroatoms. The fraction of sp³-hybridized carbons (Fsp3) is 0.733. The predicted octanol–water partition coefficient (Wildman–Crippen LogP) is 1.27. The molecule has 0 bridgehead atoms. The maximum atomic E-state index is 12.1. The van der Waals surface area contributed by atoms with Crippen molar-refractivity contribution in [3.8, 4) is 0 Å². The highest BCUT2D eigenvalue weighted by molar-refractivity contribution is 5.73. The van der Waals surface area contributed by atoms with E-state index in [0.29, 0.717) is 12.5 Å². The maximum absolute atomic E-state index is 12.1. The van der Waals surface area contributed by atoms with Crippen molar-refractivity contribution in [2.24, 2.45) is 5.92 Å². The molecule has 0 unspecified atom stereocenters. The number of aromatic nitrogens is 2. The molecule has 2 amide bonds. The fourth-order valence-corrected chi connectivity index (χ4v) is 3.20. The molecule has 0 aliphatic carbocycles. The first-order valence-corrected chi connectivity index (χ1v) is 7.83. The van der Waals surface area contributed by atoms with E-state index in [0.717, 1.165) is 51.2 Å². The second-order valence-corrected chi connectivity index (χ2v) is 6.10. The molecular weight excluding hydrogens is 268 g/mol. The Labute approximate surface area is 125 Å². The lowest BCUT2D eigenvalue weighted by molar-refractivity contribution is 0.109. The monoisotopic (exact) mass is 292 g/mol. The summed E-state index contributed by atoms with van der Waals surface area (Å²) in [6.45, 7) is 3.19. The summed E-state index contributed by atoms with van der Waals surface area (Å²) in [6.07, 6.45) is 8.34. The molecule has 2 aliphatic heterocycles. The van der Waals surface area contributed by atoms with Crippen molar-refractivity contribution < 1.29 is 9.53 Å². The first kappa shape index (κ1) is 14.4. The molecule has 0 saturated carbocycles. The summed E-state index contributed by atoms with van der Waals surface area (Å²) in [6, 6.07) is 0.00179. The van der Waals surface area contributed by atoms with Gasteiger partial charge in [-0.25, -0.2) is 9.78 Å². The Kier molecular flexibility index (Phi) is 4.43. The largest absolute Gasteiger partial charge is 0.376 e. The van der Waals surface area contributed by atoms with Crippen molar-refractivity contribution in [3.63, 3.8) is 0 Å². The van der Waals surface area contributed by atoms with Crippen LogP contribution in [0.15, 0.2) is 12.4 Å². The van der Waals surface area contributed by atoms with Gasteiger partial charge in [0.25, 0.3) is 0 Å². The lowest BCUT2D eigenvalue weighted by Gasteiger charge is -2.28. The van der Waals surface area contributed by atoms with Crippen molar-refractivity contribution in [1.82, 2.24) is 19.8 Å². The van der Waals surface area contributed by atoms with Gasteiger partial charge in [0.15, 0.2) is 0 Å². The maximum Gasteiger partial charge on any atom is 0.317 e. The summed E-state index contributed by atoms with van der Waals surface area (Å²) in [5.41, 5.74) is 0. The first-order chi connectivity index (χ1) is 10.2. The molecule has 1 fully saturated rings. The summed E-state index contributed by atoms with van der Waals surface area (Å²) in [5.74, 6) is 1.67. The van der Waals surface area contributed by atoms with Crippen LogP contribution in [0.3, 0.4) is 0 Å². The number of nitrogens with one attached hydrogen (secondary N) is 1. The Morgan fingerprint density at radius 1 is 1.57 bits per heavy atom. The number of rotatable bonds is 4. The number of carbonyl (C=O) groups excluding carboxylic acids is 1. The highest BCUT2D eigenvalue weighted by Gasteiger charge is 2.22. The van der Waals surface area contributed by atoms with Gasteiger partial charge in [0.05, 0.1) is 6.10 Å². The van der Waals surface area contributed by atoms with E-state index >= 15 is 0 Å². The molecule has 2 atom stereocenters. The number of fused-ring (bicyclic) bond motifs is 1. The summed E-state index contributed by atoms with van der Waals surface area (Å²) in [5, 5.41) is 2.97. The Morgan fingerprint density at radius 2 is 2.48 bits per heavy atom. The van der Waals surface area contributed by atoms with Gasteiger partial charge in [-0.15, -0.1) is 0 Å². The van der Waals surface area contributed by atoms with E-state index in [1.165, 1.54) is 0 Å². The minimum Gasteiger partial charge on any atom is -0.376 e.